The third kappa shape index (κ3) is 5.65. The summed E-state index contributed by atoms with van der Waals surface area (Å²) in [5.41, 5.74) is 1.21. The second-order valence-corrected chi connectivity index (χ2v) is 6.16. The third-order valence-corrected chi connectivity index (χ3v) is 4.20. The molecule has 0 bridgehead atoms. The van der Waals surface area contributed by atoms with Gasteiger partial charge < -0.3 is 10.1 Å². The molecule has 18 heavy (non-hydrogen) atoms. The van der Waals surface area contributed by atoms with Gasteiger partial charge in [-0.15, -0.1) is 0 Å². The Labute approximate surface area is 112 Å². The van der Waals surface area contributed by atoms with E-state index in [1.54, 1.807) is 6.26 Å². The number of rotatable bonds is 8. The fourth-order valence-electron chi connectivity index (χ4n) is 1.62. The largest absolute Gasteiger partial charge is 0.494 e. The van der Waals surface area contributed by atoms with Crippen molar-refractivity contribution < 1.29 is 8.95 Å². The van der Waals surface area contributed by atoms with Crippen LogP contribution >= 0.6 is 0 Å². The van der Waals surface area contributed by atoms with Gasteiger partial charge in [0.2, 0.25) is 0 Å². The molecular formula is C14H23NO2S. The van der Waals surface area contributed by atoms with E-state index in [1.807, 2.05) is 26.0 Å². The highest BCUT2D eigenvalue weighted by molar-refractivity contribution is 7.84. The minimum Gasteiger partial charge on any atom is -0.494 e. The van der Waals surface area contributed by atoms with Gasteiger partial charge in [0.1, 0.15) is 5.75 Å². The van der Waals surface area contributed by atoms with Crippen LogP contribution in [0.3, 0.4) is 0 Å². The molecule has 102 valence electrons. The summed E-state index contributed by atoms with van der Waals surface area (Å²) >= 11 is 0. The molecule has 2 atom stereocenters. The van der Waals surface area contributed by atoms with Gasteiger partial charge in [-0.25, -0.2) is 0 Å². The Morgan fingerprint density at radius 3 is 2.89 bits per heavy atom. The van der Waals surface area contributed by atoms with Crippen molar-refractivity contribution in [2.45, 2.75) is 32.1 Å². The maximum Gasteiger partial charge on any atom is 0.119 e. The number of nitrogens with one attached hydrogen (secondary N) is 1. The van der Waals surface area contributed by atoms with Crippen LogP contribution in [0, 0.1) is 0 Å². The lowest BCUT2D eigenvalue weighted by atomic mass is 10.2. The van der Waals surface area contributed by atoms with E-state index in [2.05, 4.69) is 17.4 Å². The van der Waals surface area contributed by atoms with Crippen molar-refractivity contribution in [1.29, 1.82) is 0 Å². The number of benzene rings is 1. The molecule has 0 amide bonds. The molecule has 0 saturated carbocycles. The highest BCUT2D eigenvalue weighted by Crippen LogP contribution is 2.13. The van der Waals surface area contributed by atoms with E-state index < -0.39 is 10.8 Å². The number of hydrogen-bond donors (Lipinski definition) is 1. The molecule has 0 radical (unpaired) electrons. The molecule has 1 aromatic carbocycles. The predicted octanol–water partition coefficient (Wildman–Crippen LogP) is 2.33. The predicted molar refractivity (Wildman–Crippen MR) is 77.5 cm³/mol. The van der Waals surface area contributed by atoms with Crippen LogP contribution in [0.1, 0.15) is 25.8 Å². The van der Waals surface area contributed by atoms with Crippen molar-refractivity contribution in [3.63, 3.8) is 0 Å². The van der Waals surface area contributed by atoms with Gasteiger partial charge in [0.15, 0.2) is 0 Å². The van der Waals surface area contributed by atoms with E-state index in [0.29, 0.717) is 6.61 Å². The summed E-state index contributed by atoms with van der Waals surface area (Å²) in [5.74, 6) is 0.917. The Kier molecular flexibility index (Phi) is 6.98. The molecule has 0 heterocycles. The molecule has 0 aromatic heterocycles. The van der Waals surface area contributed by atoms with Gasteiger partial charge in [-0.1, -0.05) is 19.1 Å². The van der Waals surface area contributed by atoms with Gasteiger partial charge in [-0.05, 0) is 37.6 Å². The molecule has 0 fully saturated rings. The van der Waals surface area contributed by atoms with Gasteiger partial charge in [0.25, 0.3) is 0 Å². The van der Waals surface area contributed by atoms with Crippen LogP contribution in [0.15, 0.2) is 24.3 Å². The zero-order chi connectivity index (χ0) is 13.4. The average Bonchev–Trinajstić information content (AvgIpc) is 2.35. The van der Waals surface area contributed by atoms with Gasteiger partial charge >= 0.3 is 0 Å². The summed E-state index contributed by atoms with van der Waals surface area (Å²) in [6.45, 7) is 6.41. The smallest absolute Gasteiger partial charge is 0.119 e. The molecule has 1 rings (SSSR count). The molecule has 0 aliphatic heterocycles. The van der Waals surface area contributed by atoms with E-state index in [0.717, 1.165) is 25.3 Å². The topological polar surface area (TPSA) is 38.3 Å². The van der Waals surface area contributed by atoms with Crippen molar-refractivity contribution in [1.82, 2.24) is 5.32 Å². The first-order valence-corrected chi connectivity index (χ1v) is 8.00. The first-order valence-electron chi connectivity index (χ1n) is 6.38. The Morgan fingerprint density at radius 1 is 1.44 bits per heavy atom. The molecule has 2 unspecified atom stereocenters. The molecule has 0 aliphatic rings. The fraction of sp³-hybridized carbons (Fsp3) is 0.571. The molecule has 0 saturated heterocycles. The summed E-state index contributed by atoms with van der Waals surface area (Å²) in [7, 11) is -0.725. The van der Waals surface area contributed by atoms with E-state index in [9.17, 15) is 4.21 Å². The molecule has 0 aliphatic carbocycles. The van der Waals surface area contributed by atoms with E-state index in [4.69, 9.17) is 4.74 Å². The van der Waals surface area contributed by atoms with Gasteiger partial charge in [-0.2, -0.15) is 0 Å². The molecule has 3 nitrogen and oxygen atoms in total. The van der Waals surface area contributed by atoms with Gasteiger partial charge in [0, 0.05) is 28.9 Å². The van der Waals surface area contributed by atoms with E-state index >= 15 is 0 Å². The first-order chi connectivity index (χ1) is 8.63. The normalized spacial score (nSPS) is 14.2. The fourth-order valence-corrected chi connectivity index (χ4v) is 2.07. The molecule has 1 N–H and O–H groups in total. The van der Waals surface area contributed by atoms with Crippen LogP contribution in [0.2, 0.25) is 0 Å². The molecule has 1 aromatic rings. The summed E-state index contributed by atoms with van der Waals surface area (Å²) < 4.78 is 16.6. The van der Waals surface area contributed by atoms with Gasteiger partial charge in [-0.3, -0.25) is 4.21 Å². The first kappa shape index (κ1) is 15.2. The van der Waals surface area contributed by atoms with Crippen LogP contribution in [-0.4, -0.2) is 28.9 Å². The zero-order valence-electron chi connectivity index (χ0n) is 11.4. The average molecular weight is 269 g/mol. The number of ether oxygens (including phenoxy) is 1. The van der Waals surface area contributed by atoms with Gasteiger partial charge in [0.05, 0.1) is 6.61 Å². The maximum absolute atomic E-state index is 11.2. The van der Waals surface area contributed by atoms with Crippen molar-refractivity contribution in [3.8, 4) is 5.75 Å². The van der Waals surface area contributed by atoms with Crippen LogP contribution < -0.4 is 10.1 Å². The summed E-state index contributed by atoms with van der Waals surface area (Å²) in [4.78, 5) is 0. The van der Waals surface area contributed by atoms with E-state index in [1.165, 1.54) is 5.56 Å². The van der Waals surface area contributed by atoms with E-state index in [-0.39, 0.29) is 5.25 Å². The highest BCUT2D eigenvalue weighted by Gasteiger charge is 2.04. The quantitative estimate of drug-likeness (QED) is 0.736. The lowest BCUT2D eigenvalue weighted by Crippen LogP contribution is -2.20. The third-order valence-electron chi connectivity index (χ3n) is 2.83. The summed E-state index contributed by atoms with van der Waals surface area (Å²) in [6, 6.07) is 8.11. The van der Waals surface area contributed by atoms with Crippen molar-refractivity contribution >= 4 is 10.8 Å². The molecular weight excluding hydrogens is 246 g/mol. The van der Waals surface area contributed by atoms with Crippen molar-refractivity contribution in [3.05, 3.63) is 29.8 Å². The van der Waals surface area contributed by atoms with Crippen molar-refractivity contribution in [2.24, 2.45) is 0 Å². The van der Waals surface area contributed by atoms with Crippen LogP contribution in [-0.2, 0) is 17.3 Å². The van der Waals surface area contributed by atoms with Crippen LogP contribution in [0.25, 0.3) is 0 Å². The lowest BCUT2D eigenvalue weighted by molar-refractivity contribution is 0.340. The second kappa shape index (κ2) is 8.27. The maximum atomic E-state index is 11.2. The van der Waals surface area contributed by atoms with Crippen molar-refractivity contribution in [2.75, 3.05) is 19.4 Å². The Balaban J connectivity index is 2.30. The second-order valence-electron chi connectivity index (χ2n) is 4.36. The monoisotopic (exact) mass is 269 g/mol. The Hall–Kier alpha value is -0.870. The van der Waals surface area contributed by atoms with Crippen LogP contribution in [0.4, 0.5) is 0 Å². The van der Waals surface area contributed by atoms with Crippen LogP contribution in [0.5, 0.6) is 5.75 Å². The zero-order valence-corrected chi connectivity index (χ0v) is 12.3. The Bertz CT molecular complexity index is 382. The Morgan fingerprint density at radius 2 is 2.22 bits per heavy atom. The SMILES string of the molecule is CCOc1cccc(CNCCC(C)S(C)=O)c1. The molecule has 0 spiro atoms. The molecule has 4 heteroatoms. The highest BCUT2D eigenvalue weighted by atomic mass is 32.2. The minimum atomic E-state index is -0.725. The lowest BCUT2D eigenvalue weighted by Gasteiger charge is -2.10. The standard InChI is InChI=1S/C14H23NO2S/c1-4-17-14-7-5-6-13(10-14)11-15-9-8-12(2)18(3)16/h5-7,10,12,15H,4,8-9,11H2,1-3H3. The summed E-state index contributed by atoms with van der Waals surface area (Å²) in [6.07, 6.45) is 2.70. The number of hydrogen-bond acceptors (Lipinski definition) is 3. The minimum absolute atomic E-state index is 0.257. The summed E-state index contributed by atoms with van der Waals surface area (Å²) in [5, 5.41) is 3.62.